The number of hydrogen-bond donors (Lipinski definition) is 1. The molecule has 0 fully saturated rings. The number of rotatable bonds is 2. The van der Waals surface area contributed by atoms with Gasteiger partial charge in [-0.15, -0.1) is 0 Å². The van der Waals surface area contributed by atoms with Crippen molar-refractivity contribution in [3.63, 3.8) is 0 Å². The molecule has 0 aliphatic heterocycles. The number of nitrogens with zero attached hydrogens (tertiary/aromatic N) is 2. The third kappa shape index (κ3) is 2.35. The van der Waals surface area contributed by atoms with E-state index in [1.807, 2.05) is 0 Å². The first kappa shape index (κ1) is 13.2. The molecule has 6 heteroatoms. The molecular formula is C15H11F2N3O. The Kier molecular flexibility index (Phi) is 3.13. The summed E-state index contributed by atoms with van der Waals surface area (Å²) in [5, 5.41) is 3.82. The first-order valence-corrected chi connectivity index (χ1v) is 6.21. The van der Waals surface area contributed by atoms with Gasteiger partial charge in [0.2, 0.25) is 5.82 Å². The molecule has 106 valence electrons. The fourth-order valence-electron chi connectivity index (χ4n) is 1.96. The number of hydrogen-bond acceptors (Lipinski definition) is 4. The van der Waals surface area contributed by atoms with E-state index in [2.05, 4.69) is 10.1 Å². The smallest absolute Gasteiger partial charge is 0.260 e. The van der Waals surface area contributed by atoms with Crippen molar-refractivity contribution < 1.29 is 13.3 Å². The van der Waals surface area contributed by atoms with Crippen molar-refractivity contribution >= 4 is 5.69 Å². The molecule has 1 heterocycles. The Morgan fingerprint density at radius 1 is 1.10 bits per heavy atom. The fraction of sp³-hybridized carbons (Fsp3) is 0.0667. The van der Waals surface area contributed by atoms with Crippen LogP contribution in [0.4, 0.5) is 14.5 Å². The maximum Gasteiger partial charge on any atom is 0.260 e. The first-order chi connectivity index (χ1) is 10.1. The van der Waals surface area contributed by atoms with Crippen molar-refractivity contribution in [3.8, 4) is 22.8 Å². The normalized spacial score (nSPS) is 10.8. The van der Waals surface area contributed by atoms with Gasteiger partial charge in [0.25, 0.3) is 5.89 Å². The maximum absolute atomic E-state index is 13.4. The van der Waals surface area contributed by atoms with E-state index in [0.717, 1.165) is 0 Å². The Balaban J connectivity index is 2.03. The van der Waals surface area contributed by atoms with Gasteiger partial charge in [0.15, 0.2) is 0 Å². The van der Waals surface area contributed by atoms with E-state index in [-0.39, 0.29) is 23.2 Å². The number of nitrogen functional groups attached to an aromatic ring is 1. The molecule has 0 saturated carbocycles. The highest BCUT2D eigenvalue weighted by Gasteiger charge is 2.15. The number of nitrogens with two attached hydrogens (primary N) is 1. The highest BCUT2D eigenvalue weighted by atomic mass is 19.1. The van der Waals surface area contributed by atoms with Gasteiger partial charge in [0.1, 0.15) is 11.6 Å². The fourth-order valence-corrected chi connectivity index (χ4v) is 1.96. The molecule has 2 aromatic carbocycles. The summed E-state index contributed by atoms with van der Waals surface area (Å²) in [7, 11) is 0. The third-order valence-electron chi connectivity index (χ3n) is 3.13. The van der Waals surface area contributed by atoms with Gasteiger partial charge in [0.05, 0.1) is 11.3 Å². The lowest BCUT2D eigenvalue weighted by molar-refractivity contribution is 0.432. The molecule has 0 atom stereocenters. The second-order valence-electron chi connectivity index (χ2n) is 4.59. The van der Waals surface area contributed by atoms with Crippen LogP contribution in [0.5, 0.6) is 0 Å². The van der Waals surface area contributed by atoms with E-state index in [4.69, 9.17) is 10.3 Å². The highest BCUT2D eigenvalue weighted by Crippen LogP contribution is 2.28. The molecule has 3 rings (SSSR count). The van der Waals surface area contributed by atoms with Crippen LogP contribution in [-0.4, -0.2) is 10.1 Å². The Morgan fingerprint density at radius 2 is 1.90 bits per heavy atom. The van der Waals surface area contributed by atoms with Crippen molar-refractivity contribution in [1.29, 1.82) is 0 Å². The molecule has 0 aliphatic rings. The van der Waals surface area contributed by atoms with Gasteiger partial charge in [0, 0.05) is 5.56 Å². The Labute approximate surface area is 119 Å². The molecule has 0 bridgehead atoms. The van der Waals surface area contributed by atoms with Crippen LogP contribution in [0.1, 0.15) is 5.56 Å². The highest BCUT2D eigenvalue weighted by molar-refractivity contribution is 5.71. The summed E-state index contributed by atoms with van der Waals surface area (Å²) < 4.78 is 31.8. The SMILES string of the molecule is Cc1cc(-c2noc(-c3cccc(F)c3N)n2)ccc1F. The molecule has 0 spiro atoms. The average molecular weight is 287 g/mol. The third-order valence-corrected chi connectivity index (χ3v) is 3.13. The van der Waals surface area contributed by atoms with Crippen LogP contribution in [0.2, 0.25) is 0 Å². The van der Waals surface area contributed by atoms with E-state index in [1.54, 1.807) is 25.1 Å². The minimum Gasteiger partial charge on any atom is -0.396 e. The van der Waals surface area contributed by atoms with E-state index in [0.29, 0.717) is 16.7 Å². The molecule has 1 aromatic heterocycles. The molecule has 2 N–H and O–H groups in total. The van der Waals surface area contributed by atoms with E-state index >= 15 is 0 Å². The average Bonchev–Trinajstić information content (AvgIpc) is 2.94. The monoisotopic (exact) mass is 287 g/mol. The number of anilines is 1. The second-order valence-corrected chi connectivity index (χ2v) is 4.59. The summed E-state index contributed by atoms with van der Waals surface area (Å²) in [6.07, 6.45) is 0. The lowest BCUT2D eigenvalue weighted by Gasteiger charge is -2.00. The molecule has 0 saturated heterocycles. The van der Waals surface area contributed by atoms with Crippen LogP contribution in [-0.2, 0) is 0 Å². The van der Waals surface area contributed by atoms with Crippen molar-refractivity contribution in [2.45, 2.75) is 6.92 Å². The number of benzene rings is 2. The summed E-state index contributed by atoms with van der Waals surface area (Å²) in [5.41, 5.74) is 7.01. The molecule has 3 aromatic rings. The second kappa shape index (κ2) is 4.97. The molecule has 0 unspecified atom stereocenters. The first-order valence-electron chi connectivity index (χ1n) is 6.21. The van der Waals surface area contributed by atoms with Crippen LogP contribution in [0.15, 0.2) is 40.9 Å². The summed E-state index contributed by atoms with van der Waals surface area (Å²) in [6.45, 7) is 1.64. The van der Waals surface area contributed by atoms with Gasteiger partial charge in [-0.05, 0) is 42.8 Å². The minimum atomic E-state index is -0.551. The predicted molar refractivity (Wildman–Crippen MR) is 74.2 cm³/mol. The number of aromatic nitrogens is 2. The summed E-state index contributed by atoms with van der Waals surface area (Å²) in [4.78, 5) is 4.18. The molecule has 0 amide bonds. The van der Waals surface area contributed by atoms with Crippen molar-refractivity contribution in [2.75, 3.05) is 5.73 Å². The Morgan fingerprint density at radius 3 is 2.67 bits per heavy atom. The summed E-state index contributed by atoms with van der Waals surface area (Å²) in [5.74, 6) is -0.456. The zero-order valence-corrected chi connectivity index (χ0v) is 11.1. The number of aryl methyl sites for hydroxylation is 1. The molecule has 0 aliphatic carbocycles. The minimum absolute atomic E-state index is 0.0528. The van der Waals surface area contributed by atoms with Crippen molar-refractivity contribution in [1.82, 2.24) is 10.1 Å². The predicted octanol–water partition coefficient (Wildman–Crippen LogP) is 3.57. The van der Waals surface area contributed by atoms with E-state index in [1.165, 1.54) is 18.2 Å². The number of halogens is 2. The largest absolute Gasteiger partial charge is 0.396 e. The van der Waals surface area contributed by atoms with Gasteiger partial charge < -0.3 is 10.3 Å². The maximum atomic E-state index is 13.4. The standard InChI is InChI=1S/C15H11F2N3O/c1-8-7-9(5-6-11(8)16)14-19-15(21-20-14)10-3-2-4-12(17)13(10)18/h2-7H,18H2,1H3. The van der Waals surface area contributed by atoms with Crippen LogP contribution in [0.25, 0.3) is 22.8 Å². The lowest BCUT2D eigenvalue weighted by Crippen LogP contribution is -1.94. The lowest BCUT2D eigenvalue weighted by atomic mass is 10.1. The molecule has 21 heavy (non-hydrogen) atoms. The van der Waals surface area contributed by atoms with Gasteiger partial charge in [-0.25, -0.2) is 8.78 Å². The van der Waals surface area contributed by atoms with Crippen LogP contribution in [0.3, 0.4) is 0 Å². The van der Waals surface area contributed by atoms with Gasteiger partial charge >= 0.3 is 0 Å². The van der Waals surface area contributed by atoms with Crippen molar-refractivity contribution in [2.24, 2.45) is 0 Å². The van der Waals surface area contributed by atoms with Gasteiger partial charge in [-0.3, -0.25) is 0 Å². The number of para-hydroxylation sites is 1. The summed E-state index contributed by atoms with van der Waals surface area (Å²) >= 11 is 0. The topological polar surface area (TPSA) is 64.9 Å². The molecule has 0 radical (unpaired) electrons. The van der Waals surface area contributed by atoms with E-state index < -0.39 is 5.82 Å². The quantitative estimate of drug-likeness (QED) is 0.732. The van der Waals surface area contributed by atoms with Crippen LogP contribution < -0.4 is 5.73 Å². The zero-order valence-electron chi connectivity index (χ0n) is 11.1. The summed E-state index contributed by atoms with van der Waals surface area (Å²) in [6, 6.07) is 8.83. The zero-order chi connectivity index (χ0) is 15.0. The molecular weight excluding hydrogens is 276 g/mol. The van der Waals surface area contributed by atoms with Crippen LogP contribution in [0, 0.1) is 18.6 Å². The van der Waals surface area contributed by atoms with Crippen LogP contribution >= 0.6 is 0 Å². The van der Waals surface area contributed by atoms with Crippen molar-refractivity contribution in [3.05, 3.63) is 53.6 Å². The Bertz CT molecular complexity index is 814. The van der Waals surface area contributed by atoms with Gasteiger partial charge in [-0.1, -0.05) is 11.2 Å². The van der Waals surface area contributed by atoms with Gasteiger partial charge in [-0.2, -0.15) is 4.98 Å². The molecule has 4 nitrogen and oxygen atoms in total. The Hall–Kier alpha value is -2.76. The van der Waals surface area contributed by atoms with E-state index in [9.17, 15) is 8.78 Å².